The van der Waals surface area contributed by atoms with Crippen LogP contribution in [0.4, 0.5) is 5.69 Å². The predicted molar refractivity (Wildman–Crippen MR) is 85.7 cm³/mol. The van der Waals surface area contributed by atoms with Crippen molar-refractivity contribution in [1.29, 1.82) is 0 Å². The molecule has 0 aromatic heterocycles. The van der Waals surface area contributed by atoms with E-state index in [9.17, 15) is 13.5 Å². The van der Waals surface area contributed by atoms with Gasteiger partial charge in [-0.1, -0.05) is 22.0 Å². The lowest BCUT2D eigenvalue weighted by molar-refractivity contribution is 0.469. The third-order valence-corrected chi connectivity index (χ3v) is 4.57. The fourth-order valence-corrected chi connectivity index (χ4v) is 3.13. The van der Waals surface area contributed by atoms with Gasteiger partial charge in [-0.15, -0.1) is 0 Å². The van der Waals surface area contributed by atoms with E-state index < -0.39 is 10.0 Å². The Morgan fingerprint density at radius 2 is 1.95 bits per heavy atom. The first kappa shape index (κ1) is 15.8. The van der Waals surface area contributed by atoms with Gasteiger partial charge < -0.3 is 10.4 Å². The van der Waals surface area contributed by atoms with Crippen molar-refractivity contribution in [3.05, 3.63) is 52.0 Å². The topological polar surface area (TPSA) is 92.4 Å². The van der Waals surface area contributed by atoms with Crippen molar-refractivity contribution in [3.63, 3.8) is 0 Å². The predicted octanol–water partition coefficient (Wildman–Crippen LogP) is 2.72. The molecule has 0 spiro atoms. The number of phenolic OH excluding ortho intramolecular Hbond substituents is 1. The van der Waals surface area contributed by atoms with Crippen LogP contribution in [0.5, 0.6) is 5.75 Å². The molecule has 0 aliphatic heterocycles. The standard InChI is InChI=1S/C14H15BrN2O3S/c1-9-2-4-12(7-14(9)21(16,19)20)17-8-10-6-11(15)3-5-13(10)18/h2-7,17-18H,8H2,1H3,(H2,16,19,20). The SMILES string of the molecule is Cc1ccc(NCc2cc(Br)ccc2O)cc1S(N)(=O)=O. The Labute approximate surface area is 132 Å². The molecule has 0 bridgehead atoms. The van der Waals surface area contributed by atoms with Crippen LogP contribution in [0.2, 0.25) is 0 Å². The maximum Gasteiger partial charge on any atom is 0.238 e. The molecule has 112 valence electrons. The van der Waals surface area contributed by atoms with Crippen LogP contribution in [0.1, 0.15) is 11.1 Å². The number of hydrogen-bond acceptors (Lipinski definition) is 4. The summed E-state index contributed by atoms with van der Waals surface area (Å²) < 4.78 is 23.8. The highest BCUT2D eigenvalue weighted by Crippen LogP contribution is 2.24. The smallest absolute Gasteiger partial charge is 0.238 e. The Hall–Kier alpha value is -1.57. The van der Waals surface area contributed by atoms with Crippen molar-refractivity contribution in [2.45, 2.75) is 18.4 Å². The van der Waals surface area contributed by atoms with Crippen molar-refractivity contribution in [1.82, 2.24) is 0 Å². The van der Waals surface area contributed by atoms with Gasteiger partial charge in [0, 0.05) is 22.3 Å². The van der Waals surface area contributed by atoms with Crippen LogP contribution in [0, 0.1) is 6.92 Å². The summed E-state index contributed by atoms with van der Waals surface area (Å²) >= 11 is 3.34. The summed E-state index contributed by atoms with van der Waals surface area (Å²) in [6.07, 6.45) is 0. The number of anilines is 1. The molecule has 0 unspecified atom stereocenters. The van der Waals surface area contributed by atoms with Crippen molar-refractivity contribution >= 4 is 31.6 Å². The second kappa shape index (κ2) is 6.05. The molecule has 0 atom stereocenters. The van der Waals surface area contributed by atoms with Crippen LogP contribution in [0.25, 0.3) is 0 Å². The van der Waals surface area contributed by atoms with Crippen LogP contribution in [0.15, 0.2) is 45.8 Å². The van der Waals surface area contributed by atoms with E-state index in [4.69, 9.17) is 5.14 Å². The van der Waals surface area contributed by atoms with Gasteiger partial charge in [-0.05, 0) is 42.8 Å². The number of primary sulfonamides is 1. The second-order valence-corrected chi connectivity index (χ2v) is 7.10. The van der Waals surface area contributed by atoms with E-state index in [1.54, 1.807) is 37.3 Å². The molecule has 0 amide bonds. The summed E-state index contributed by atoms with van der Waals surface area (Å²) in [5, 5.41) is 18.0. The molecule has 0 saturated carbocycles. The Bertz CT molecular complexity index is 776. The Balaban J connectivity index is 2.23. The quantitative estimate of drug-likeness (QED) is 0.771. The zero-order chi connectivity index (χ0) is 15.6. The molecule has 4 N–H and O–H groups in total. The number of rotatable bonds is 4. The van der Waals surface area contributed by atoms with Gasteiger partial charge in [-0.3, -0.25) is 0 Å². The normalized spacial score (nSPS) is 11.4. The highest BCUT2D eigenvalue weighted by Gasteiger charge is 2.12. The monoisotopic (exact) mass is 370 g/mol. The number of aromatic hydroxyl groups is 1. The van der Waals surface area contributed by atoms with E-state index >= 15 is 0 Å². The summed E-state index contributed by atoms with van der Waals surface area (Å²) in [4.78, 5) is 0.0889. The number of aryl methyl sites for hydroxylation is 1. The minimum Gasteiger partial charge on any atom is -0.508 e. The molecule has 5 nitrogen and oxygen atoms in total. The van der Waals surface area contributed by atoms with Crippen molar-refractivity contribution in [3.8, 4) is 5.75 Å². The van der Waals surface area contributed by atoms with E-state index in [-0.39, 0.29) is 10.6 Å². The molecular weight excluding hydrogens is 356 g/mol. The number of benzene rings is 2. The molecule has 21 heavy (non-hydrogen) atoms. The highest BCUT2D eigenvalue weighted by atomic mass is 79.9. The molecule has 0 aliphatic carbocycles. The first-order valence-corrected chi connectivity index (χ1v) is 8.46. The minimum atomic E-state index is -3.75. The number of nitrogens with two attached hydrogens (primary N) is 1. The maximum absolute atomic E-state index is 11.5. The van der Waals surface area contributed by atoms with E-state index in [1.807, 2.05) is 0 Å². The fourth-order valence-electron chi connectivity index (χ4n) is 1.91. The van der Waals surface area contributed by atoms with Gasteiger partial charge >= 0.3 is 0 Å². The average molecular weight is 371 g/mol. The van der Waals surface area contributed by atoms with Crippen LogP contribution in [-0.4, -0.2) is 13.5 Å². The van der Waals surface area contributed by atoms with E-state index in [2.05, 4.69) is 21.2 Å². The van der Waals surface area contributed by atoms with Crippen molar-refractivity contribution < 1.29 is 13.5 Å². The Kier molecular flexibility index (Phi) is 4.55. The summed E-state index contributed by atoms with van der Waals surface area (Å²) in [5.74, 6) is 0.171. The summed E-state index contributed by atoms with van der Waals surface area (Å²) in [7, 11) is -3.75. The molecule has 2 aromatic rings. The summed E-state index contributed by atoms with van der Waals surface area (Å²) in [6.45, 7) is 2.04. The number of sulfonamides is 1. The third-order valence-electron chi connectivity index (χ3n) is 3.02. The van der Waals surface area contributed by atoms with Crippen LogP contribution in [-0.2, 0) is 16.6 Å². The fraction of sp³-hybridized carbons (Fsp3) is 0.143. The Morgan fingerprint density at radius 3 is 2.62 bits per heavy atom. The first-order valence-electron chi connectivity index (χ1n) is 6.12. The number of hydrogen-bond donors (Lipinski definition) is 3. The van der Waals surface area contributed by atoms with Gasteiger partial charge in [-0.2, -0.15) is 0 Å². The van der Waals surface area contributed by atoms with E-state index in [0.717, 1.165) is 4.47 Å². The lowest BCUT2D eigenvalue weighted by atomic mass is 10.2. The molecule has 0 saturated heterocycles. The molecule has 2 rings (SSSR count). The van der Waals surface area contributed by atoms with E-state index in [0.29, 0.717) is 23.4 Å². The largest absolute Gasteiger partial charge is 0.508 e. The molecule has 7 heteroatoms. The maximum atomic E-state index is 11.5. The molecule has 0 aliphatic rings. The zero-order valence-corrected chi connectivity index (χ0v) is 13.7. The van der Waals surface area contributed by atoms with Gasteiger partial charge in [0.25, 0.3) is 0 Å². The minimum absolute atomic E-state index is 0.0889. The van der Waals surface area contributed by atoms with Gasteiger partial charge in [0.2, 0.25) is 10.0 Å². The van der Waals surface area contributed by atoms with Gasteiger partial charge in [0.15, 0.2) is 0 Å². The van der Waals surface area contributed by atoms with Gasteiger partial charge in [-0.25, -0.2) is 13.6 Å². The van der Waals surface area contributed by atoms with Crippen LogP contribution >= 0.6 is 15.9 Å². The molecular formula is C14H15BrN2O3S. The second-order valence-electron chi connectivity index (χ2n) is 4.65. The average Bonchev–Trinajstić information content (AvgIpc) is 2.40. The summed E-state index contributed by atoms with van der Waals surface area (Å²) in [5.41, 5.74) is 1.90. The van der Waals surface area contributed by atoms with Crippen LogP contribution in [0.3, 0.4) is 0 Å². The molecule has 0 radical (unpaired) electrons. The highest BCUT2D eigenvalue weighted by molar-refractivity contribution is 9.10. The van der Waals surface area contributed by atoms with Crippen molar-refractivity contribution in [2.75, 3.05) is 5.32 Å². The van der Waals surface area contributed by atoms with Gasteiger partial charge in [0.1, 0.15) is 5.75 Å². The van der Waals surface area contributed by atoms with E-state index in [1.165, 1.54) is 6.07 Å². The van der Waals surface area contributed by atoms with Crippen LogP contribution < -0.4 is 10.5 Å². The number of halogens is 1. The zero-order valence-electron chi connectivity index (χ0n) is 11.3. The summed E-state index contributed by atoms with van der Waals surface area (Å²) in [6, 6.07) is 10.1. The first-order chi connectivity index (χ1) is 9.77. The molecule has 2 aromatic carbocycles. The number of nitrogens with one attached hydrogen (secondary N) is 1. The third kappa shape index (κ3) is 3.96. The van der Waals surface area contributed by atoms with Crippen molar-refractivity contribution in [2.24, 2.45) is 5.14 Å². The molecule has 0 fully saturated rings. The lowest BCUT2D eigenvalue weighted by Crippen LogP contribution is -2.14. The Morgan fingerprint density at radius 1 is 1.24 bits per heavy atom. The van der Waals surface area contributed by atoms with Gasteiger partial charge in [0.05, 0.1) is 4.90 Å². The molecule has 0 heterocycles. The lowest BCUT2D eigenvalue weighted by Gasteiger charge is -2.11. The number of phenols is 1.